The van der Waals surface area contributed by atoms with Crippen LogP contribution < -0.4 is 0 Å². The second kappa shape index (κ2) is 3.36. The van der Waals surface area contributed by atoms with Crippen molar-refractivity contribution in [2.24, 2.45) is 0 Å². The molecule has 1 N–H and O–H groups in total. The fraction of sp³-hybridized carbons (Fsp3) is 0.667. The van der Waals surface area contributed by atoms with Crippen molar-refractivity contribution in [3.05, 3.63) is 17.1 Å². The van der Waals surface area contributed by atoms with Gasteiger partial charge in [0.05, 0.1) is 11.3 Å². The maximum absolute atomic E-state index is 10.2. The summed E-state index contributed by atoms with van der Waals surface area (Å²) >= 11 is 1.33. The molecule has 13 heavy (non-hydrogen) atoms. The molecule has 74 valence electrons. The Balaban J connectivity index is 3.02. The van der Waals surface area contributed by atoms with E-state index in [4.69, 9.17) is 4.74 Å². The third-order valence-corrected chi connectivity index (χ3v) is 3.18. The molecule has 0 saturated carbocycles. The summed E-state index contributed by atoms with van der Waals surface area (Å²) in [5, 5.41) is 12.1. The number of hydrogen-bond donors (Lipinski definition) is 1. The summed E-state index contributed by atoms with van der Waals surface area (Å²) in [6.07, 6.45) is 0. The lowest BCUT2D eigenvalue weighted by Gasteiger charge is -2.37. The van der Waals surface area contributed by atoms with Crippen LogP contribution >= 0.6 is 11.5 Å². The Morgan fingerprint density at radius 3 is 2.46 bits per heavy atom. The van der Waals surface area contributed by atoms with Crippen LogP contribution in [0.2, 0.25) is 0 Å². The normalized spacial score (nSPS) is 17.0. The quantitative estimate of drug-likeness (QED) is 0.810. The zero-order chi connectivity index (χ0) is 10.1. The maximum Gasteiger partial charge on any atom is 0.133 e. The highest BCUT2D eigenvalue weighted by Crippen LogP contribution is 2.34. The molecule has 0 aromatic carbocycles. The molecule has 0 aliphatic rings. The second-order valence-electron chi connectivity index (χ2n) is 3.67. The number of aromatic nitrogens is 1. The predicted molar refractivity (Wildman–Crippen MR) is 52.8 cm³/mol. The first-order chi connectivity index (χ1) is 5.92. The molecule has 1 rings (SSSR count). The third kappa shape index (κ3) is 1.75. The summed E-state index contributed by atoms with van der Waals surface area (Å²) in [5.74, 6) is 0. The van der Waals surface area contributed by atoms with E-state index in [-0.39, 0.29) is 0 Å². The van der Waals surface area contributed by atoms with Gasteiger partial charge in [0.25, 0.3) is 0 Å². The van der Waals surface area contributed by atoms with Gasteiger partial charge in [-0.15, -0.1) is 0 Å². The SMILES string of the molecule is COC(C)(C)C(C)(O)c1ccsn1. The van der Waals surface area contributed by atoms with Crippen LogP contribution in [0, 0.1) is 0 Å². The van der Waals surface area contributed by atoms with Gasteiger partial charge >= 0.3 is 0 Å². The van der Waals surface area contributed by atoms with E-state index < -0.39 is 11.2 Å². The molecule has 1 atom stereocenters. The summed E-state index contributed by atoms with van der Waals surface area (Å²) in [4.78, 5) is 0. The van der Waals surface area contributed by atoms with E-state index in [1.807, 2.05) is 25.3 Å². The molecule has 0 spiro atoms. The first kappa shape index (κ1) is 10.6. The van der Waals surface area contributed by atoms with Gasteiger partial charge in [0.2, 0.25) is 0 Å². The topological polar surface area (TPSA) is 42.4 Å². The molecule has 0 saturated heterocycles. The average Bonchev–Trinajstić information content (AvgIpc) is 2.56. The Hall–Kier alpha value is -0.450. The van der Waals surface area contributed by atoms with Crippen molar-refractivity contribution in [2.45, 2.75) is 32.0 Å². The summed E-state index contributed by atoms with van der Waals surface area (Å²) in [5.41, 5.74) is -1.03. The van der Waals surface area contributed by atoms with Gasteiger partial charge in [0.1, 0.15) is 5.60 Å². The number of hydrogen-bond acceptors (Lipinski definition) is 4. The fourth-order valence-corrected chi connectivity index (χ4v) is 1.57. The number of aliphatic hydroxyl groups is 1. The fourth-order valence-electron chi connectivity index (χ4n) is 0.971. The van der Waals surface area contributed by atoms with Crippen LogP contribution in [0.4, 0.5) is 0 Å². The molecule has 4 heteroatoms. The standard InChI is InChI=1S/C9H15NO2S/c1-8(2,12-4)9(3,11)7-5-6-13-10-7/h5-6,11H,1-4H3. The molecule has 0 fully saturated rings. The highest BCUT2D eigenvalue weighted by molar-refractivity contribution is 7.03. The number of nitrogens with zero attached hydrogens (tertiary/aromatic N) is 1. The van der Waals surface area contributed by atoms with E-state index in [1.54, 1.807) is 14.0 Å². The molecule has 0 amide bonds. The van der Waals surface area contributed by atoms with Gasteiger partial charge in [-0.3, -0.25) is 0 Å². The smallest absolute Gasteiger partial charge is 0.133 e. The van der Waals surface area contributed by atoms with Crippen LogP contribution in [-0.4, -0.2) is 22.2 Å². The van der Waals surface area contributed by atoms with Gasteiger partial charge in [-0.2, -0.15) is 4.37 Å². The summed E-state index contributed by atoms with van der Waals surface area (Å²) < 4.78 is 9.35. The first-order valence-electron chi connectivity index (χ1n) is 4.10. The lowest BCUT2D eigenvalue weighted by Crippen LogP contribution is -2.46. The molecule has 1 unspecified atom stereocenters. The van der Waals surface area contributed by atoms with Gasteiger partial charge in [-0.25, -0.2) is 0 Å². The minimum atomic E-state index is -1.05. The molecule has 0 bridgehead atoms. The highest BCUT2D eigenvalue weighted by Gasteiger charge is 2.42. The number of methoxy groups -OCH3 is 1. The molecule has 1 aromatic rings. The van der Waals surface area contributed by atoms with Crippen molar-refractivity contribution >= 4 is 11.5 Å². The van der Waals surface area contributed by atoms with E-state index in [9.17, 15) is 5.11 Å². The summed E-state index contributed by atoms with van der Waals surface area (Å²) in [7, 11) is 1.58. The zero-order valence-electron chi connectivity index (χ0n) is 8.37. The number of ether oxygens (including phenoxy) is 1. The van der Waals surface area contributed by atoms with Crippen LogP contribution in [0.25, 0.3) is 0 Å². The Labute approximate surface area is 82.5 Å². The van der Waals surface area contributed by atoms with Gasteiger partial charge < -0.3 is 9.84 Å². The molecule has 1 heterocycles. The molecule has 0 aliphatic carbocycles. The van der Waals surface area contributed by atoms with Gasteiger partial charge in [0.15, 0.2) is 0 Å². The molecule has 0 aliphatic heterocycles. The van der Waals surface area contributed by atoms with Crippen LogP contribution in [-0.2, 0) is 10.3 Å². The Morgan fingerprint density at radius 2 is 2.08 bits per heavy atom. The van der Waals surface area contributed by atoms with E-state index in [0.717, 1.165) is 0 Å². The Morgan fingerprint density at radius 1 is 1.46 bits per heavy atom. The molecule has 3 nitrogen and oxygen atoms in total. The largest absolute Gasteiger partial charge is 0.381 e. The van der Waals surface area contributed by atoms with Crippen molar-refractivity contribution in [2.75, 3.05) is 7.11 Å². The van der Waals surface area contributed by atoms with Crippen LogP contribution in [0.3, 0.4) is 0 Å². The van der Waals surface area contributed by atoms with E-state index in [0.29, 0.717) is 5.69 Å². The molecule has 0 radical (unpaired) electrons. The van der Waals surface area contributed by atoms with E-state index in [1.165, 1.54) is 11.5 Å². The van der Waals surface area contributed by atoms with Crippen molar-refractivity contribution in [3.8, 4) is 0 Å². The van der Waals surface area contributed by atoms with Gasteiger partial charge in [-0.05, 0) is 38.4 Å². The van der Waals surface area contributed by atoms with E-state index >= 15 is 0 Å². The van der Waals surface area contributed by atoms with Gasteiger partial charge in [0, 0.05) is 12.5 Å². The number of rotatable bonds is 3. The molecule has 1 aromatic heterocycles. The van der Waals surface area contributed by atoms with Crippen molar-refractivity contribution in [3.63, 3.8) is 0 Å². The van der Waals surface area contributed by atoms with Crippen LogP contribution in [0.5, 0.6) is 0 Å². The highest BCUT2D eigenvalue weighted by atomic mass is 32.1. The second-order valence-corrected chi connectivity index (χ2v) is 4.34. The first-order valence-corrected chi connectivity index (χ1v) is 4.94. The minimum Gasteiger partial charge on any atom is -0.381 e. The Kier molecular flexibility index (Phi) is 2.75. The van der Waals surface area contributed by atoms with E-state index in [2.05, 4.69) is 4.37 Å². The lowest BCUT2D eigenvalue weighted by molar-refractivity contribution is -0.147. The molecular weight excluding hydrogens is 186 g/mol. The Bertz CT molecular complexity index is 267. The summed E-state index contributed by atoms with van der Waals surface area (Å²) in [6, 6.07) is 1.81. The van der Waals surface area contributed by atoms with Crippen LogP contribution in [0.15, 0.2) is 11.4 Å². The monoisotopic (exact) mass is 201 g/mol. The predicted octanol–water partition coefficient (Wildman–Crippen LogP) is 1.78. The third-order valence-electron chi connectivity index (χ3n) is 2.62. The van der Waals surface area contributed by atoms with Crippen LogP contribution in [0.1, 0.15) is 26.5 Å². The lowest BCUT2D eigenvalue weighted by atomic mass is 9.85. The summed E-state index contributed by atoms with van der Waals surface area (Å²) in [6.45, 7) is 5.39. The molecular formula is C9H15NO2S. The average molecular weight is 201 g/mol. The van der Waals surface area contributed by atoms with Gasteiger partial charge in [-0.1, -0.05) is 0 Å². The zero-order valence-corrected chi connectivity index (χ0v) is 9.18. The van der Waals surface area contributed by atoms with Crippen molar-refractivity contribution in [1.82, 2.24) is 4.37 Å². The van der Waals surface area contributed by atoms with Crippen molar-refractivity contribution in [1.29, 1.82) is 0 Å². The minimum absolute atomic E-state index is 0.638. The maximum atomic E-state index is 10.2. The van der Waals surface area contributed by atoms with Crippen molar-refractivity contribution < 1.29 is 9.84 Å².